The number of halogens is 1. The molecule has 3 heterocycles. The Morgan fingerprint density at radius 2 is 1.74 bits per heavy atom. The van der Waals surface area contributed by atoms with Crippen molar-refractivity contribution in [1.29, 1.82) is 0 Å². The monoisotopic (exact) mass is 532 g/mol. The van der Waals surface area contributed by atoms with Gasteiger partial charge in [-0.2, -0.15) is 0 Å². The quantitative estimate of drug-likeness (QED) is 0.223. The molecule has 7 nitrogen and oxygen atoms in total. The van der Waals surface area contributed by atoms with Gasteiger partial charge in [0.1, 0.15) is 24.8 Å². The van der Waals surface area contributed by atoms with Crippen LogP contribution in [0.15, 0.2) is 67.0 Å². The Balaban J connectivity index is 1.49. The number of methoxy groups -OCH3 is 1. The maximum atomic E-state index is 6.84. The molecule has 0 fully saturated rings. The van der Waals surface area contributed by atoms with E-state index >= 15 is 0 Å². The van der Waals surface area contributed by atoms with Gasteiger partial charge >= 0.3 is 0 Å². The molecule has 38 heavy (non-hydrogen) atoms. The minimum atomic E-state index is 0.538. The molecule has 198 valence electrons. The molecule has 4 aromatic rings. The van der Waals surface area contributed by atoms with E-state index in [9.17, 15) is 0 Å². The fourth-order valence-electron chi connectivity index (χ4n) is 4.72. The Morgan fingerprint density at radius 1 is 0.947 bits per heavy atom. The van der Waals surface area contributed by atoms with Crippen molar-refractivity contribution in [2.75, 3.05) is 20.3 Å². The SMILES string of the molecule is CCCCn1c(-c2ccccc2)nc(Cl)c1CN(Cc1cncc(OC)c1)Cc1ccc2c(c1)OCCO2. The maximum Gasteiger partial charge on any atom is 0.161 e. The normalized spacial score (nSPS) is 12.6. The van der Waals surface area contributed by atoms with Crippen LogP contribution in [0.1, 0.15) is 36.6 Å². The summed E-state index contributed by atoms with van der Waals surface area (Å²) in [5.41, 5.74) is 4.25. The van der Waals surface area contributed by atoms with E-state index in [0.717, 1.165) is 64.8 Å². The van der Waals surface area contributed by atoms with Crippen molar-refractivity contribution in [1.82, 2.24) is 19.4 Å². The molecule has 0 atom stereocenters. The van der Waals surface area contributed by atoms with E-state index in [1.165, 1.54) is 0 Å². The molecule has 0 saturated carbocycles. The molecule has 0 radical (unpaired) electrons. The van der Waals surface area contributed by atoms with Crippen LogP contribution in [0.3, 0.4) is 0 Å². The zero-order valence-electron chi connectivity index (χ0n) is 21.9. The second-order valence-corrected chi connectivity index (χ2v) is 9.76. The first-order chi connectivity index (χ1) is 18.6. The van der Waals surface area contributed by atoms with Crippen LogP contribution >= 0.6 is 11.6 Å². The molecule has 1 aliphatic heterocycles. The summed E-state index contributed by atoms with van der Waals surface area (Å²) in [6.07, 6.45) is 5.73. The van der Waals surface area contributed by atoms with Crippen molar-refractivity contribution >= 4 is 11.6 Å². The Morgan fingerprint density at radius 3 is 2.53 bits per heavy atom. The smallest absolute Gasteiger partial charge is 0.161 e. The molecule has 0 bridgehead atoms. The summed E-state index contributed by atoms with van der Waals surface area (Å²) in [4.78, 5) is 11.5. The first kappa shape index (κ1) is 26.1. The van der Waals surface area contributed by atoms with E-state index in [-0.39, 0.29) is 0 Å². The molecule has 2 aromatic carbocycles. The van der Waals surface area contributed by atoms with Crippen molar-refractivity contribution in [3.8, 4) is 28.6 Å². The molecule has 1 aliphatic rings. The minimum Gasteiger partial charge on any atom is -0.495 e. The third-order valence-corrected chi connectivity index (χ3v) is 6.89. The number of rotatable bonds is 11. The molecule has 8 heteroatoms. The van der Waals surface area contributed by atoms with Gasteiger partial charge in [0.05, 0.1) is 19.0 Å². The lowest BCUT2D eigenvalue weighted by Crippen LogP contribution is -2.25. The number of unbranched alkanes of at least 4 members (excludes halogenated alkanes) is 1. The predicted molar refractivity (Wildman–Crippen MR) is 149 cm³/mol. The van der Waals surface area contributed by atoms with Crippen molar-refractivity contribution in [2.45, 2.75) is 45.9 Å². The second-order valence-electron chi connectivity index (χ2n) is 9.40. The van der Waals surface area contributed by atoms with E-state index in [0.29, 0.717) is 38.0 Å². The lowest BCUT2D eigenvalue weighted by molar-refractivity contribution is 0.170. The summed E-state index contributed by atoms with van der Waals surface area (Å²) in [6.45, 7) is 6.15. The zero-order valence-corrected chi connectivity index (χ0v) is 22.7. The number of pyridine rings is 1. The summed E-state index contributed by atoms with van der Waals surface area (Å²) in [6, 6.07) is 18.4. The molecule has 0 saturated heterocycles. The average Bonchev–Trinajstić information content (AvgIpc) is 3.26. The van der Waals surface area contributed by atoms with Gasteiger partial charge in [-0.15, -0.1) is 0 Å². The summed E-state index contributed by atoms with van der Waals surface area (Å²) in [7, 11) is 1.66. The molecule has 5 rings (SSSR count). The lowest BCUT2D eigenvalue weighted by Gasteiger charge is -2.25. The lowest BCUT2D eigenvalue weighted by atomic mass is 10.1. The van der Waals surface area contributed by atoms with Crippen LogP contribution in [0, 0.1) is 0 Å². The number of imidazole rings is 1. The van der Waals surface area contributed by atoms with Crippen LogP contribution in [0.5, 0.6) is 17.2 Å². The number of fused-ring (bicyclic) bond motifs is 1. The van der Waals surface area contributed by atoms with E-state index < -0.39 is 0 Å². The summed E-state index contributed by atoms with van der Waals surface area (Å²) in [5.74, 6) is 3.21. The Kier molecular flexibility index (Phi) is 8.46. The highest BCUT2D eigenvalue weighted by Gasteiger charge is 2.21. The fourth-order valence-corrected chi connectivity index (χ4v) is 4.96. The third kappa shape index (κ3) is 6.11. The van der Waals surface area contributed by atoms with E-state index in [4.69, 9.17) is 30.8 Å². The van der Waals surface area contributed by atoms with Crippen molar-refractivity contribution in [3.63, 3.8) is 0 Å². The van der Waals surface area contributed by atoms with Crippen LogP contribution in [-0.2, 0) is 26.2 Å². The highest BCUT2D eigenvalue weighted by Crippen LogP contribution is 2.32. The van der Waals surface area contributed by atoms with Gasteiger partial charge in [0.25, 0.3) is 0 Å². The molecule has 0 spiro atoms. The summed E-state index contributed by atoms with van der Waals surface area (Å²) >= 11 is 6.84. The highest BCUT2D eigenvalue weighted by molar-refractivity contribution is 6.30. The summed E-state index contributed by atoms with van der Waals surface area (Å²) < 4.78 is 19.3. The number of benzene rings is 2. The van der Waals surface area contributed by atoms with Gasteiger partial charge in [0, 0.05) is 37.9 Å². The van der Waals surface area contributed by atoms with Gasteiger partial charge in [-0.1, -0.05) is 61.3 Å². The maximum absolute atomic E-state index is 6.84. The summed E-state index contributed by atoms with van der Waals surface area (Å²) in [5, 5.41) is 0.538. The number of aromatic nitrogens is 3. The number of nitrogens with zero attached hydrogens (tertiary/aromatic N) is 4. The molecule has 0 N–H and O–H groups in total. The number of ether oxygens (including phenoxy) is 3. The highest BCUT2D eigenvalue weighted by atomic mass is 35.5. The van der Waals surface area contributed by atoms with Gasteiger partial charge in [-0.3, -0.25) is 9.88 Å². The minimum absolute atomic E-state index is 0.538. The fraction of sp³-hybridized carbons (Fsp3) is 0.333. The number of hydrogen-bond acceptors (Lipinski definition) is 6. The largest absolute Gasteiger partial charge is 0.495 e. The second kappa shape index (κ2) is 12.3. The van der Waals surface area contributed by atoms with Crippen LogP contribution in [0.4, 0.5) is 0 Å². The van der Waals surface area contributed by atoms with Crippen LogP contribution < -0.4 is 14.2 Å². The zero-order chi connectivity index (χ0) is 26.3. The topological polar surface area (TPSA) is 61.6 Å². The van der Waals surface area contributed by atoms with Gasteiger partial charge in [0.2, 0.25) is 0 Å². The first-order valence-electron chi connectivity index (χ1n) is 13.0. The average molecular weight is 533 g/mol. The van der Waals surface area contributed by atoms with Crippen LogP contribution in [0.2, 0.25) is 5.15 Å². The molecule has 2 aromatic heterocycles. The molecule has 0 aliphatic carbocycles. The number of hydrogen-bond donors (Lipinski definition) is 0. The van der Waals surface area contributed by atoms with Gasteiger partial charge in [0.15, 0.2) is 16.7 Å². The van der Waals surface area contributed by atoms with Crippen molar-refractivity contribution < 1.29 is 14.2 Å². The van der Waals surface area contributed by atoms with Crippen LogP contribution in [-0.4, -0.2) is 39.8 Å². The van der Waals surface area contributed by atoms with Crippen LogP contribution in [0.25, 0.3) is 11.4 Å². The molecule has 0 amide bonds. The molecular formula is C30H33ClN4O3. The van der Waals surface area contributed by atoms with E-state index in [2.05, 4.69) is 45.6 Å². The van der Waals surface area contributed by atoms with E-state index in [1.54, 1.807) is 13.3 Å². The van der Waals surface area contributed by atoms with Gasteiger partial charge in [-0.25, -0.2) is 4.98 Å². The van der Waals surface area contributed by atoms with Gasteiger partial charge in [-0.05, 0) is 35.7 Å². The Labute approximate surface area is 229 Å². The first-order valence-corrected chi connectivity index (χ1v) is 13.4. The van der Waals surface area contributed by atoms with Crippen molar-refractivity contribution in [2.24, 2.45) is 0 Å². The predicted octanol–water partition coefficient (Wildman–Crippen LogP) is 6.38. The Bertz CT molecular complexity index is 1360. The Hall–Kier alpha value is -3.55. The molecular weight excluding hydrogens is 500 g/mol. The standard InChI is InChI=1S/C30H33ClN4O3/c1-3-4-12-35-26(29(31)33-30(35)24-8-6-5-7-9-24)21-34(20-23-15-25(36-2)18-32-17-23)19-22-10-11-27-28(16-22)38-14-13-37-27/h5-11,15-18H,3-4,12-14,19-21H2,1-2H3. The van der Waals surface area contributed by atoms with E-state index in [1.807, 2.05) is 36.5 Å². The third-order valence-electron chi connectivity index (χ3n) is 6.59. The van der Waals surface area contributed by atoms with Crippen molar-refractivity contribution in [3.05, 3.63) is 89.0 Å². The molecule has 0 unspecified atom stereocenters. The van der Waals surface area contributed by atoms with Gasteiger partial charge < -0.3 is 18.8 Å².